The van der Waals surface area contributed by atoms with Gasteiger partial charge < -0.3 is 9.64 Å². The average molecular weight is 389 g/mol. The van der Waals surface area contributed by atoms with E-state index in [0.29, 0.717) is 32.5 Å². The third-order valence-corrected chi connectivity index (χ3v) is 6.09. The largest absolute Gasteiger partial charge is 0.466 e. The molecule has 144 valence electrons. The van der Waals surface area contributed by atoms with E-state index in [2.05, 4.69) is 0 Å². The molecule has 1 amide bonds. The van der Waals surface area contributed by atoms with Gasteiger partial charge in [0.2, 0.25) is 0 Å². The molecule has 2 heterocycles. The van der Waals surface area contributed by atoms with Crippen molar-refractivity contribution in [3.05, 3.63) is 57.5 Å². The average Bonchev–Trinajstić information content (AvgIpc) is 3.09. The predicted octanol–water partition coefficient (Wildman–Crippen LogP) is 4.22. The molecule has 0 unspecified atom stereocenters. The number of esters is 1. The number of hydrogen-bond donors (Lipinski definition) is 0. The third-order valence-electron chi connectivity index (χ3n) is 5.08. The Bertz CT molecular complexity index is 817. The summed E-state index contributed by atoms with van der Waals surface area (Å²) in [6.07, 6.45) is 1.81. The summed E-state index contributed by atoms with van der Waals surface area (Å²) in [7, 11) is 0. The zero-order valence-electron chi connectivity index (χ0n) is 15.7. The van der Waals surface area contributed by atoms with Gasteiger partial charge in [-0.2, -0.15) is 0 Å². The highest BCUT2D eigenvalue weighted by Crippen LogP contribution is 2.36. The highest BCUT2D eigenvalue weighted by Gasteiger charge is 2.45. The topological polar surface area (TPSA) is 46.6 Å². The number of carbonyl (C=O) groups is 2. The third kappa shape index (κ3) is 4.21. The number of hydrogen-bond acceptors (Lipinski definition) is 4. The number of likely N-dealkylation sites (tertiary alicyclic amines) is 1. The molecular formula is C21H24FNO3S. The molecule has 4 nitrogen and oxygen atoms in total. The Balaban J connectivity index is 1.87. The minimum Gasteiger partial charge on any atom is -0.466 e. The van der Waals surface area contributed by atoms with Crippen LogP contribution in [0.2, 0.25) is 0 Å². The van der Waals surface area contributed by atoms with Crippen LogP contribution in [0.4, 0.5) is 4.39 Å². The Morgan fingerprint density at radius 1 is 1.26 bits per heavy atom. The first-order valence-electron chi connectivity index (χ1n) is 9.20. The number of rotatable bonds is 5. The van der Waals surface area contributed by atoms with Gasteiger partial charge in [-0.3, -0.25) is 9.59 Å². The van der Waals surface area contributed by atoms with Crippen LogP contribution in [-0.4, -0.2) is 36.5 Å². The van der Waals surface area contributed by atoms with Crippen LogP contribution in [0.15, 0.2) is 35.7 Å². The zero-order chi connectivity index (χ0) is 19.4. The first-order valence-corrected chi connectivity index (χ1v) is 10.1. The van der Waals surface area contributed by atoms with E-state index in [-0.39, 0.29) is 17.7 Å². The minimum absolute atomic E-state index is 0.0324. The van der Waals surface area contributed by atoms with Crippen LogP contribution < -0.4 is 0 Å². The van der Waals surface area contributed by atoms with Gasteiger partial charge in [-0.1, -0.05) is 12.1 Å². The molecule has 1 aliphatic rings. The van der Waals surface area contributed by atoms with E-state index in [1.54, 1.807) is 24.0 Å². The second-order valence-corrected chi connectivity index (χ2v) is 7.98. The van der Waals surface area contributed by atoms with Crippen LogP contribution in [-0.2, 0) is 16.0 Å². The lowest BCUT2D eigenvalue weighted by atomic mass is 9.75. The molecule has 1 aliphatic heterocycles. The molecule has 0 spiro atoms. The maximum Gasteiger partial charge on any atom is 0.314 e. The summed E-state index contributed by atoms with van der Waals surface area (Å²) in [6.45, 7) is 4.94. The summed E-state index contributed by atoms with van der Waals surface area (Å²) in [5.74, 6) is -0.623. The van der Waals surface area contributed by atoms with Crippen molar-refractivity contribution < 1.29 is 18.7 Å². The molecule has 1 fully saturated rings. The molecule has 0 saturated carbocycles. The summed E-state index contributed by atoms with van der Waals surface area (Å²) in [6, 6.07) is 8.11. The van der Waals surface area contributed by atoms with E-state index in [1.165, 1.54) is 23.5 Å². The Hall–Kier alpha value is -2.21. The van der Waals surface area contributed by atoms with E-state index in [0.717, 1.165) is 22.4 Å². The molecule has 0 radical (unpaired) electrons. The van der Waals surface area contributed by atoms with Gasteiger partial charge in [-0.25, -0.2) is 4.39 Å². The number of amides is 1. The lowest BCUT2D eigenvalue weighted by Gasteiger charge is -2.41. The number of halogens is 1. The Morgan fingerprint density at radius 2 is 2.00 bits per heavy atom. The Kier molecular flexibility index (Phi) is 5.95. The summed E-state index contributed by atoms with van der Waals surface area (Å²) >= 11 is 1.43. The molecule has 1 atom stereocenters. The Labute approximate surface area is 162 Å². The van der Waals surface area contributed by atoms with Gasteiger partial charge in [0, 0.05) is 13.1 Å². The number of thiophene rings is 1. The van der Waals surface area contributed by atoms with Crippen molar-refractivity contribution in [3.8, 4) is 0 Å². The molecular weight excluding hydrogens is 365 g/mol. The van der Waals surface area contributed by atoms with E-state index in [9.17, 15) is 14.0 Å². The highest BCUT2D eigenvalue weighted by atomic mass is 32.1. The van der Waals surface area contributed by atoms with Crippen molar-refractivity contribution in [2.45, 2.75) is 33.1 Å². The number of carbonyl (C=O) groups excluding carboxylic acids is 2. The quantitative estimate of drug-likeness (QED) is 0.719. The van der Waals surface area contributed by atoms with Crippen molar-refractivity contribution in [2.24, 2.45) is 5.41 Å². The number of ether oxygens (including phenoxy) is 1. The van der Waals surface area contributed by atoms with Gasteiger partial charge in [0.05, 0.1) is 16.9 Å². The molecule has 1 aromatic carbocycles. The molecule has 1 aromatic heterocycles. The zero-order valence-corrected chi connectivity index (χ0v) is 16.5. The Morgan fingerprint density at radius 3 is 2.63 bits per heavy atom. The maximum absolute atomic E-state index is 13.3. The molecule has 0 aliphatic carbocycles. The molecule has 2 aromatic rings. The molecule has 0 N–H and O–H groups in total. The summed E-state index contributed by atoms with van der Waals surface area (Å²) < 4.78 is 18.6. The summed E-state index contributed by atoms with van der Waals surface area (Å²) in [5.41, 5.74) is 1.02. The van der Waals surface area contributed by atoms with Gasteiger partial charge in [0.1, 0.15) is 5.82 Å². The monoisotopic (exact) mass is 389 g/mol. The van der Waals surface area contributed by atoms with Crippen molar-refractivity contribution in [3.63, 3.8) is 0 Å². The molecule has 3 rings (SSSR count). The smallest absolute Gasteiger partial charge is 0.314 e. The van der Waals surface area contributed by atoms with Crippen molar-refractivity contribution in [1.82, 2.24) is 4.90 Å². The van der Waals surface area contributed by atoms with Gasteiger partial charge in [0.25, 0.3) is 5.91 Å². The lowest BCUT2D eigenvalue weighted by Crippen LogP contribution is -2.51. The van der Waals surface area contributed by atoms with Crippen LogP contribution in [0.3, 0.4) is 0 Å². The van der Waals surface area contributed by atoms with E-state index in [1.807, 2.05) is 18.4 Å². The number of nitrogens with zero attached hydrogens (tertiary/aromatic N) is 1. The predicted molar refractivity (Wildman–Crippen MR) is 103 cm³/mol. The van der Waals surface area contributed by atoms with Gasteiger partial charge >= 0.3 is 5.97 Å². The molecule has 27 heavy (non-hydrogen) atoms. The molecule has 1 saturated heterocycles. The fourth-order valence-corrected chi connectivity index (χ4v) is 4.59. The molecule has 6 heteroatoms. The van der Waals surface area contributed by atoms with Crippen LogP contribution >= 0.6 is 11.3 Å². The van der Waals surface area contributed by atoms with Crippen molar-refractivity contribution in [1.29, 1.82) is 0 Å². The van der Waals surface area contributed by atoms with Crippen LogP contribution in [0.5, 0.6) is 0 Å². The minimum atomic E-state index is -0.799. The summed E-state index contributed by atoms with van der Waals surface area (Å²) in [4.78, 5) is 28.3. The van der Waals surface area contributed by atoms with Crippen LogP contribution in [0.1, 0.15) is 40.6 Å². The van der Waals surface area contributed by atoms with Crippen LogP contribution in [0.25, 0.3) is 0 Å². The van der Waals surface area contributed by atoms with E-state index >= 15 is 0 Å². The first-order chi connectivity index (χ1) is 12.9. The normalized spacial score (nSPS) is 19.7. The number of benzene rings is 1. The fourth-order valence-electron chi connectivity index (χ4n) is 3.70. The highest BCUT2D eigenvalue weighted by molar-refractivity contribution is 7.12. The standard InChI is InChI=1S/C21H24FNO3S/c1-3-26-20(25)21(13-16-5-7-17(22)8-6-16)10-4-11-23(14-21)19(24)18-15(2)9-12-27-18/h5-9,12H,3-4,10-11,13-14H2,1-2H3/t21-/m1/s1. The van der Waals surface area contributed by atoms with Gasteiger partial charge in [-0.15, -0.1) is 11.3 Å². The molecule has 0 bridgehead atoms. The second kappa shape index (κ2) is 8.21. The number of piperidine rings is 1. The maximum atomic E-state index is 13.3. The fraction of sp³-hybridized carbons (Fsp3) is 0.429. The van der Waals surface area contributed by atoms with Gasteiger partial charge in [0.15, 0.2) is 0 Å². The van der Waals surface area contributed by atoms with Crippen molar-refractivity contribution >= 4 is 23.2 Å². The first kappa shape index (κ1) is 19.5. The van der Waals surface area contributed by atoms with E-state index in [4.69, 9.17) is 4.74 Å². The number of aryl methyl sites for hydroxylation is 1. The second-order valence-electron chi connectivity index (χ2n) is 7.07. The van der Waals surface area contributed by atoms with Crippen molar-refractivity contribution in [2.75, 3.05) is 19.7 Å². The summed E-state index contributed by atoms with van der Waals surface area (Å²) in [5, 5.41) is 1.91. The van der Waals surface area contributed by atoms with Crippen LogP contribution in [0, 0.1) is 18.2 Å². The van der Waals surface area contributed by atoms with Gasteiger partial charge in [-0.05, 0) is 67.8 Å². The SMILES string of the molecule is CCOC(=O)[C@@]1(Cc2ccc(F)cc2)CCCN(C(=O)c2sccc2C)C1. The van der Waals surface area contributed by atoms with E-state index < -0.39 is 5.41 Å². The lowest BCUT2D eigenvalue weighted by molar-refractivity contribution is -0.158.